The van der Waals surface area contributed by atoms with Crippen LogP contribution in [0.5, 0.6) is 0 Å². The van der Waals surface area contributed by atoms with E-state index in [0.29, 0.717) is 17.0 Å². The number of nitrogens with zero attached hydrogens (tertiary/aromatic N) is 1. The van der Waals surface area contributed by atoms with Crippen LogP contribution in [0.25, 0.3) is 0 Å². The summed E-state index contributed by atoms with van der Waals surface area (Å²) in [5.74, 6) is -1.79. The van der Waals surface area contributed by atoms with E-state index in [1.165, 1.54) is 0 Å². The topological polar surface area (TPSA) is 16.4 Å². The minimum absolute atomic E-state index is 0.161. The van der Waals surface area contributed by atoms with E-state index in [9.17, 15) is 8.78 Å². The third kappa shape index (κ3) is 2.08. The summed E-state index contributed by atoms with van der Waals surface area (Å²) in [5, 5.41) is 0. The zero-order valence-corrected chi connectivity index (χ0v) is 8.35. The molecule has 1 aromatic rings. The van der Waals surface area contributed by atoms with Gasteiger partial charge in [-0.2, -0.15) is 0 Å². The molecule has 0 radical (unpaired) electrons. The molecule has 0 atom stereocenters. The van der Waals surface area contributed by atoms with Gasteiger partial charge in [0.25, 0.3) is 5.92 Å². The summed E-state index contributed by atoms with van der Waals surface area (Å²) in [6, 6.07) is 3.54. The molecule has 1 aliphatic rings. The lowest BCUT2D eigenvalue weighted by atomic mass is 10.1. The van der Waals surface area contributed by atoms with Gasteiger partial charge >= 0.3 is 0 Å². The lowest BCUT2D eigenvalue weighted by molar-refractivity contribution is -0.135. The molecular formula is C8H8BrF2NO. The highest BCUT2D eigenvalue weighted by atomic mass is 79.9. The molecule has 2 heterocycles. The minimum Gasteiger partial charge on any atom is -0.453 e. The molecule has 1 aliphatic heterocycles. The van der Waals surface area contributed by atoms with E-state index < -0.39 is 5.92 Å². The Hall–Kier alpha value is -0.420. The van der Waals surface area contributed by atoms with Crippen molar-refractivity contribution in [2.24, 2.45) is 0 Å². The Morgan fingerprint density at radius 2 is 2.15 bits per heavy atom. The molecule has 1 saturated heterocycles. The van der Waals surface area contributed by atoms with Gasteiger partial charge in [-0.1, -0.05) is 0 Å². The predicted octanol–water partition coefficient (Wildman–Crippen LogP) is 2.49. The maximum absolute atomic E-state index is 12.4. The highest BCUT2D eigenvalue weighted by Gasteiger charge is 2.43. The first-order chi connectivity index (χ1) is 6.05. The standard InChI is InChI=1S/C8H8BrF2NO/c9-7-2-1-6(13-7)3-12-4-8(10,11)5-12/h1-2H,3-5H2. The maximum Gasteiger partial charge on any atom is 0.272 e. The van der Waals surface area contributed by atoms with E-state index in [1.807, 2.05) is 0 Å². The number of likely N-dealkylation sites (tertiary alicyclic amines) is 1. The van der Waals surface area contributed by atoms with Crippen molar-refractivity contribution in [3.05, 3.63) is 22.6 Å². The second-order valence-electron chi connectivity index (χ2n) is 3.21. The van der Waals surface area contributed by atoms with Crippen molar-refractivity contribution < 1.29 is 13.2 Å². The van der Waals surface area contributed by atoms with Crippen LogP contribution >= 0.6 is 15.9 Å². The molecular weight excluding hydrogens is 244 g/mol. The van der Waals surface area contributed by atoms with E-state index in [4.69, 9.17) is 4.42 Å². The fourth-order valence-electron chi connectivity index (χ4n) is 1.38. The average Bonchev–Trinajstić information content (AvgIpc) is 2.31. The normalized spacial score (nSPS) is 21.5. The van der Waals surface area contributed by atoms with Crippen molar-refractivity contribution in [1.29, 1.82) is 0 Å². The van der Waals surface area contributed by atoms with Crippen LogP contribution in [0.1, 0.15) is 5.76 Å². The SMILES string of the molecule is FC1(F)CN(Cc2ccc(Br)o2)C1. The van der Waals surface area contributed by atoms with E-state index in [-0.39, 0.29) is 13.1 Å². The molecule has 0 bridgehead atoms. The summed E-state index contributed by atoms with van der Waals surface area (Å²) in [6.07, 6.45) is 0. The van der Waals surface area contributed by atoms with Gasteiger partial charge < -0.3 is 4.42 Å². The van der Waals surface area contributed by atoms with Crippen molar-refractivity contribution >= 4 is 15.9 Å². The molecule has 0 saturated carbocycles. The first kappa shape index (κ1) is 9.15. The summed E-state index contributed by atoms with van der Waals surface area (Å²) in [5.41, 5.74) is 0. The molecule has 13 heavy (non-hydrogen) atoms. The van der Waals surface area contributed by atoms with Crippen molar-refractivity contribution in [2.75, 3.05) is 13.1 Å². The first-order valence-corrected chi connectivity index (χ1v) is 4.69. The van der Waals surface area contributed by atoms with Crippen LogP contribution in [0.15, 0.2) is 21.2 Å². The molecule has 1 aromatic heterocycles. The summed E-state index contributed by atoms with van der Waals surface area (Å²) in [6.45, 7) is 0.137. The minimum atomic E-state index is -2.50. The van der Waals surface area contributed by atoms with Gasteiger partial charge in [-0.25, -0.2) is 8.78 Å². The van der Waals surface area contributed by atoms with Gasteiger partial charge in [-0.05, 0) is 28.1 Å². The molecule has 0 N–H and O–H groups in total. The smallest absolute Gasteiger partial charge is 0.272 e. The Morgan fingerprint density at radius 3 is 2.62 bits per heavy atom. The van der Waals surface area contributed by atoms with Crippen LogP contribution in [0.2, 0.25) is 0 Å². The Labute approximate surface area is 82.6 Å². The molecule has 0 aromatic carbocycles. The highest BCUT2D eigenvalue weighted by Crippen LogP contribution is 2.28. The lowest BCUT2D eigenvalue weighted by Crippen LogP contribution is -2.55. The monoisotopic (exact) mass is 251 g/mol. The predicted molar refractivity (Wildman–Crippen MR) is 46.6 cm³/mol. The van der Waals surface area contributed by atoms with Crippen LogP contribution in [-0.4, -0.2) is 23.9 Å². The molecule has 0 unspecified atom stereocenters. The van der Waals surface area contributed by atoms with Gasteiger partial charge in [0.05, 0.1) is 19.6 Å². The third-order valence-corrected chi connectivity index (χ3v) is 2.34. The number of alkyl halides is 2. The Balaban J connectivity index is 1.87. The van der Waals surface area contributed by atoms with Crippen LogP contribution in [0.3, 0.4) is 0 Å². The van der Waals surface area contributed by atoms with E-state index in [0.717, 1.165) is 0 Å². The van der Waals surface area contributed by atoms with Crippen molar-refractivity contribution in [3.63, 3.8) is 0 Å². The molecule has 5 heteroatoms. The second-order valence-corrected chi connectivity index (χ2v) is 3.99. The molecule has 0 amide bonds. The van der Waals surface area contributed by atoms with Crippen molar-refractivity contribution in [3.8, 4) is 0 Å². The number of rotatable bonds is 2. The van der Waals surface area contributed by atoms with Gasteiger partial charge in [0.1, 0.15) is 5.76 Å². The molecule has 1 fully saturated rings. The first-order valence-electron chi connectivity index (χ1n) is 3.90. The van der Waals surface area contributed by atoms with Crippen LogP contribution < -0.4 is 0 Å². The van der Waals surface area contributed by atoms with Crippen LogP contribution in [0, 0.1) is 0 Å². The summed E-state index contributed by atoms with van der Waals surface area (Å²) >= 11 is 3.15. The Kier molecular flexibility index (Phi) is 2.15. The van der Waals surface area contributed by atoms with Crippen molar-refractivity contribution in [2.45, 2.75) is 12.5 Å². The van der Waals surface area contributed by atoms with Crippen molar-refractivity contribution in [1.82, 2.24) is 4.90 Å². The largest absolute Gasteiger partial charge is 0.453 e. The van der Waals surface area contributed by atoms with Crippen LogP contribution in [-0.2, 0) is 6.54 Å². The number of hydrogen-bond acceptors (Lipinski definition) is 2. The summed E-state index contributed by atoms with van der Waals surface area (Å²) in [4.78, 5) is 1.64. The van der Waals surface area contributed by atoms with Gasteiger partial charge in [0.15, 0.2) is 4.67 Å². The fourth-order valence-corrected chi connectivity index (χ4v) is 1.72. The molecule has 2 rings (SSSR count). The van der Waals surface area contributed by atoms with Crippen LogP contribution in [0.4, 0.5) is 8.78 Å². The van der Waals surface area contributed by atoms with E-state index >= 15 is 0 Å². The molecule has 0 spiro atoms. The van der Waals surface area contributed by atoms with Gasteiger partial charge in [0.2, 0.25) is 0 Å². The van der Waals surface area contributed by atoms with Gasteiger partial charge in [-0.3, -0.25) is 4.90 Å². The quantitative estimate of drug-likeness (QED) is 0.803. The Morgan fingerprint density at radius 1 is 1.46 bits per heavy atom. The van der Waals surface area contributed by atoms with Gasteiger partial charge in [0, 0.05) is 0 Å². The number of furan rings is 1. The lowest BCUT2D eigenvalue weighted by Gasteiger charge is -2.37. The zero-order valence-electron chi connectivity index (χ0n) is 6.77. The zero-order chi connectivity index (χ0) is 9.47. The summed E-state index contributed by atoms with van der Waals surface area (Å²) in [7, 11) is 0. The summed E-state index contributed by atoms with van der Waals surface area (Å²) < 4.78 is 30.7. The molecule has 72 valence electrons. The maximum atomic E-state index is 12.4. The Bertz CT molecular complexity index is 305. The number of hydrogen-bond donors (Lipinski definition) is 0. The van der Waals surface area contributed by atoms with E-state index in [1.54, 1.807) is 17.0 Å². The average molecular weight is 252 g/mol. The molecule has 2 nitrogen and oxygen atoms in total. The molecule has 0 aliphatic carbocycles. The van der Waals surface area contributed by atoms with Gasteiger partial charge in [-0.15, -0.1) is 0 Å². The fraction of sp³-hybridized carbons (Fsp3) is 0.500. The highest BCUT2D eigenvalue weighted by molar-refractivity contribution is 9.10. The number of halogens is 3. The van der Waals surface area contributed by atoms with E-state index in [2.05, 4.69) is 15.9 Å². The third-order valence-electron chi connectivity index (χ3n) is 1.92. The second kappa shape index (κ2) is 3.06.